The highest BCUT2D eigenvalue weighted by Gasteiger charge is 2.24. The summed E-state index contributed by atoms with van der Waals surface area (Å²) in [7, 11) is -17.7. The van der Waals surface area contributed by atoms with Crippen LogP contribution in [0.2, 0.25) is 0 Å². The third-order valence-electron chi connectivity index (χ3n) is 4.95. The zero-order valence-electron chi connectivity index (χ0n) is 19.4. The topological polar surface area (TPSA) is 261 Å². The zero-order valence-corrected chi connectivity index (χ0v) is 22.6. The standard InChI is InChI=1S/C19H18N2O14S4/c1-34-16-5-3-12(36(23,24)7-6-35-39(31,32)33)10-15(16)20-21-18-17(38(28,29)30)9-11-8-13(37(25,26)27)2-4-14(11)19(18)22/h2-5,8-10,22H,6-7H2,1H3,(H,25,26,27)(H,28,29,30)(H,31,32,33). The summed E-state index contributed by atoms with van der Waals surface area (Å²) in [5.41, 5.74) is -1.11. The Labute approximate surface area is 221 Å². The van der Waals surface area contributed by atoms with Crippen LogP contribution in [0.1, 0.15) is 0 Å². The monoisotopic (exact) mass is 626 g/mol. The van der Waals surface area contributed by atoms with Gasteiger partial charge in [0.2, 0.25) is 0 Å². The molecule has 16 nitrogen and oxygen atoms in total. The fourth-order valence-corrected chi connectivity index (χ4v) is 5.87. The van der Waals surface area contributed by atoms with E-state index in [0.717, 1.165) is 42.5 Å². The summed E-state index contributed by atoms with van der Waals surface area (Å²) < 4.78 is 130. The minimum Gasteiger partial charge on any atom is -0.505 e. The number of rotatable bonds is 10. The molecule has 0 saturated carbocycles. The number of nitrogens with zero attached hydrogens (tertiary/aromatic N) is 2. The van der Waals surface area contributed by atoms with Crippen molar-refractivity contribution in [3.8, 4) is 11.5 Å². The van der Waals surface area contributed by atoms with E-state index < -0.39 is 79.0 Å². The third kappa shape index (κ3) is 7.24. The predicted molar refractivity (Wildman–Crippen MR) is 132 cm³/mol. The fourth-order valence-electron chi connectivity index (χ4n) is 3.20. The molecule has 0 spiro atoms. The Morgan fingerprint density at radius 2 is 1.44 bits per heavy atom. The first-order valence-corrected chi connectivity index (χ1v) is 15.9. The van der Waals surface area contributed by atoms with Crippen LogP contribution in [0, 0.1) is 0 Å². The lowest BCUT2D eigenvalue weighted by atomic mass is 10.1. The molecule has 212 valence electrons. The van der Waals surface area contributed by atoms with Gasteiger partial charge >= 0.3 is 10.4 Å². The number of phenols is 1. The van der Waals surface area contributed by atoms with Gasteiger partial charge in [0.15, 0.2) is 15.6 Å². The quantitative estimate of drug-likeness (QED) is 0.185. The average molecular weight is 627 g/mol. The molecular weight excluding hydrogens is 608 g/mol. The Kier molecular flexibility index (Phi) is 8.34. The maximum atomic E-state index is 12.5. The van der Waals surface area contributed by atoms with Gasteiger partial charge in [-0.1, -0.05) is 0 Å². The molecule has 39 heavy (non-hydrogen) atoms. The molecule has 0 saturated heterocycles. The van der Waals surface area contributed by atoms with Crippen LogP contribution in [0.15, 0.2) is 67.4 Å². The molecule has 0 fully saturated rings. The molecular formula is C19H18N2O14S4. The van der Waals surface area contributed by atoms with Gasteiger partial charge < -0.3 is 9.84 Å². The van der Waals surface area contributed by atoms with E-state index in [-0.39, 0.29) is 22.2 Å². The molecule has 4 N–H and O–H groups in total. The van der Waals surface area contributed by atoms with Crippen molar-refractivity contribution in [3.63, 3.8) is 0 Å². The van der Waals surface area contributed by atoms with Crippen molar-refractivity contribution in [2.24, 2.45) is 10.2 Å². The van der Waals surface area contributed by atoms with Gasteiger partial charge in [0, 0.05) is 5.39 Å². The first-order valence-electron chi connectivity index (χ1n) is 10.0. The summed E-state index contributed by atoms with van der Waals surface area (Å²) in [5.74, 6) is -1.81. The van der Waals surface area contributed by atoms with Crippen molar-refractivity contribution in [1.29, 1.82) is 0 Å². The number of sulfone groups is 1. The molecule has 0 heterocycles. The van der Waals surface area contributed by atoms with Gasteiger partial charge in [-0.15, -0.1) is 10.2 Å². The van der Waals surface area contributed by atoms with Crippen LogP contribution in [-0.2, 0) is 44.7 Å². The summed E-state index contributed by atoms with van der Waals surface area (Å²) in [5, 5.41) is 17.7. The van der Waals surface area contributed by atoms with E-state index in [1.54, 1.807) is 0 Å². The molecule has 0 radical (unpaired) electrons. The average Bonchev–Trinajstić information content (AvgIpc) is 2.80. The van der Waals surface area contributed by atoms with Gasteiger partial charge in [0.25, 0.3) is 20.2 Å². The molecule has 3 aromatic rings. The van der Waals surface area contributed by atoms with Crippen molar-refractivity contribution < 1.29 is 61.4 Å². The normalized spacial score (nSPS) is 13.2. The molecule has 0 amide bonds. The maximum Gasteiger partial charge on any atom is 0.397 e. The molecule has 0 aliphatic heterocycles. The Morgan fingerprint density at radius 3 is 2.00 bits per heavy atom. The second kappa shape index (κ2) is 10.7. The summed E-state index contributed by atoms with van der Waals surface area (Å²) in [4.78, 5) is -2.06. The second-order valence-corrected chi connectivity index (χ2v) is 13.5. The number of fused-ring (bicyclic) bond motifs is 1. The number of benzene rings is 3. The van der Waals surface area contributed by atoms with Gasteiger partial charge in [0.1, 0.15) is 22.0 Å². The van der Waals surface area contributed by atoms with E-state index in [0.29, 0.717) is 0 Å². The van der Waals surface area contributed by atoms with Gasteiger partial charge in [-0.2, -0.15) is 25.3 Å². The lowest BCUT2D eigenvalue weighted by Crippen LogP contribution is -2.15. The lowest BCUT2D eigenvalue weighted by Gasteiger charge is -2.10. The SMILES string of the molecule is COc1ccc(S(=O)(=O)CCOS(=O)(=O)O)cc1N=Nc1c(S(=O)(=O)O)cc2cc(S(=O)(=O)O)ccc2c1O. The van der Waals surface area contributed by atoms with Crippen LogP contribution >= 0.6 is 0 Å². The molecule has 3 rings (SSSR count). The molecule has 20 heteroatoms. The van der Waals surface area contributed by atoms with Crippen LogP contribution in [0.25, 0.3) is 10.8 Å². The number of phenolic OH excluding ortho intramolecular Hbond substituents is 1. The molecule has 0 aliphatic carbocycles. The summed E-state index contributed by atoms with van der Waals surface area (Å²) in [6, 6.07) is 6.69. The van der Waals surface area contributed by atoms with Crippen LogP contribution in [0.3, 0.4) is 0 Å². The van der Waals surface area contributed by atoms with Crippen LogP contribution in [0.4, 0.5) is 11.4 Å². The van der Waals surface area contributed by atoms with Crippen molar-refractivity contribution in [2.75, 3.05) is 19.5 Å². The van der Waals surface area contributed by atoms with Gasteiger partial charge in [-0.3, -0.25) is 13.7 Å². The lowest BCUT2D eigenvalue weighted by molar-refractivity contribution is 0.284. The number of hydrogen-bond donors (Lipinski definition) is 4. The van der Waals surface area contributed by atoms with Crippen molar-refractivity contribution >= 4 is 62.6 Å². The van der Waals surface area contributed by atoms with E-state index in [4.69, 9.17) is 9.29 Å². The van der Waals surface area contributed by atoms with E-state index in [1.807, 2.05) is 0 Å². The smallest absolute Gasteiger partial charge is 0.397 e. The molecule has 0 bridgehead atoms. The van der Waals surface area contributed by atoms with Crippen molar-refractivity contribution in [3.05, 3.63) is 42.5 Å². The molecule has 0 aromatic heterocycles. The fraction of sp³-hybridized carbons (Fsp3) is 0.158. The van der Waals surface area contributed by atoms with E-state index in [2.05, 4.69) is 14.4 Å². The zero-order chi connectivity index (χ0) is 29.4. The largest absolute Gasteiger partial charge is 0.505 e. The summed E-state index contributed by atoms with van der Waals surface area (Å²) >= 11 is 0. The maximum absolute atomic E-state index is 12.5. The summed E-state index contributed by atoms with van der Waals surface area (Å²) in [6.45, 7) is -0.911. The first kappa shape index (κ1) is 30.3. The number of methoxy groups -OCH3 is 1. The highest BCUT2D eigenvalue weighted by Crippen LogP contribution is 2.42. The Hall–Kier alpha value is -3.24. The summed E-state index contributed by atoms with van der Waals surface area (Å²) in [6.07, 6.45) is 0. The van der Waals surface area contributed by atoms with Crippen LogP contribution in [-0.4, -0.2) is 71.9 Å². The van der Waals surface area contributed by atoms with Crippen molar-refractivity contribution in [1.82, 2.24) is 0 Å². The van der Waals surface area contributed by atoms with E-state index in [9.17, 15) is 47.9 Å². The molecule has 0 aliphatic rings. The molecule has 0 unspecified atom stereocenters. The minimum atomic E-state index is -5.11. The Morgan fingerprint density at radius 1 is 0.795 bits per heavy atom. The third-order valence-corrected chi connectivity index (χ3v) is 8.81. The van der Waals surface area contributed by atoms with Crippen LogP contribution in [0.5, 0.6) is 11.5 Å². The Balaban J connectivity index is 2.14. The second-order valence-electron chi connectivity index (χ2n) is 7.51. The number of azo groups is 1. The number of ether oxygens (including phenoxy) is 1. The predicted octanol–water partition coefficient (Wildman–Crippen LogP) is 2.06. The van der Waals surface area contributed by atoms with Gasteiger partial charge in [-0.05, 0) is 47.9 Å². The van der Waals surface area contributed by atoms with E-state index in [1.165, 1.54) is 7.11 Å². The molecule has 3 aromatic carbocycles. The Bertz CT molecular complexity index is 1920. The first-order chi connectivity index (χ1) is 17.8. The minimum absolute atomic E-state index is 0.0710. The number of aromatic hydroxyl groups is 1. The molecule has 0 atom stereocenters. The highest BCUT2D eigenvalue weighted by atomic mass is 32.3. The van der Waals surface area contributed by atoms with Crippen molar-refractivity contribution in [2.45, 2.75) is 14.7 Å². The van der Waals surface area contributed by atoms with Crippen LogP contribution < -0.4 is 4.74 Å². The van der Waals surface area contributed by atoms with Gasteiger partial charge in [0.05, 0.1) is 29.3 Å². The van der Waals surface area contributed by atoms with E-state index >= 15 is 0 Å². The van der Waals surface area contributed by atoms with Gasteiger partial charge in [-0.25, -0.2) is 12.6 Å². The highest BCUT2D eigenvalue weighted by molar-refractivity contribution is 7.91. The number of hydrogen-bond acceptors (Lipinski definition) is 13.